The summed E-state index contributed by atoms with van der Waals surface area (Å²) in [6, 6.07) is 7.68. The molecule has 0 unspecified atom stereocenters. The molecule has 13 heteroatoms. The van der Waals surface area contributed by atoms with Crippen molar-refractivity contribution < 1.29 is 47.4 Å². The summed E-state index contributed by atoms with van der Waals surface area (Å²) >= 11 is 0. The zero-order valence-electron chi connectivity index (χ0n) is 32.2. The van der Waals surface area contributed by atoms with E-state index in [0.717, 1.165) is 22.0 Å². The minimum absolute atomic E-state index is 0.159. The smallest absolute Gasteiger partial charge is 0.230 e. The number of benzene rings is 2. The Morgan fingerprint density at radius 2 is 1.15 bits per heavy atom. The largest absolute Gasteiger partial charge is 0.496 e. The molecule has 0 radical (unpaired) electrons. The van der Waals surface area contributed by atoms with Gasteiger partial charge in [0.2, 0.25) is 17.5 Å². The molecule has 2 aliphatic rings. The number of hydrogen-bond donors (Lipinski definition) is 0. The lowest BCUT2D eigenvalue weighted by molar-refractivity contribution is -0.462. The molecule has 2 aromatic rings. The molecular formula is C39H51N4O9+. The van der Waals surface area contributed by atoms with Gasteiger partial charge in [-0.15, -0.1) is 0 Å². The average molecular weight is 720 g/mol. The highest BCUT2D eigenvalue weighted by Crippen LogP contribution is 2.51. The molecule has 1 saturated heterocycles. The van der Waals surface area contributed by atoms with Gasteiger partial charge in [-0.2, -0.15) is 0 Å². The fraction of sp³-hybridized carbons (Fsp3) is 0.436. The summed E-state index contributed by atoms with van der Waals surface area (Å²) in [5, 5.41) is 0. The normalized spacial score (nSPS) is 14.1. The molecule has 0 aromatic heterocycles. The van der Waals surface area contributed by atoms with Crippen LogP contribution in [-0.4, -0.2) is 124 Å². The zero-order valence-corrected chi connectivity index (χ0v) is 32.2. The third-order valence-electron chi connectivity index (χ3n) is 9.13. The molecule has 1 fully saturated rings. The van der Waals surface area contributed by atoms with E-state index in [4.69, 9.17) is 28.4 Å². The van der Waals surface area contributed by atoms with E-state index < -0.39 is 0 Å². The number of carbonyl (C=O) groups is 3. The number of allylic oxidation sites excluding steroid dienone is 2. The molecule has 0 saturated carbocycles. The maximum Gasteiger partial charge on any atom is 0.230 e. The summed E-state index contributed by atoms with van der Waals surface area (Å²) in [7, 11) is 19.3. The quantitative estimate of drug-likeness (QED) is 0.183. The van der Waals surface area contributed by atoms with Crippen LogP contribution in [0.2, 0.25) is 0 Å². The maximum absolute atomic E-state index is 12.7. The van der Waals surface area contributed by atoms with Crippen molar-refractivity contribution in [2.45, 2.75) is 25.7 Å². The van der Waals surface area contributed by atoms with Crippen molar-refractivity contribution in [3.05, 3.63) is 64.6 Å². The molecule has 0 N–H and O–H groups in total. The lowest BCUT2D eigenvalue weighted by Crippen LogP contribution is -2.34. The predicted molar refractivity (Wildman–Crippen MR) is 200 cm³/mol. The van der Waals surface area contributed by atoms with Crippen LogP contribution in [0.1, 0.15) is 36.8 Å². The van der Waals surface area contributed by atoms with Crippen molar-refractivity contribution >= 4 is 40.3 Å². The highest BCUT2D eigenvalue weighted by Gasteiger charge is 2.34. The Morgan fingerprint density at radius 3 is 1.54 bits per heavy atom. The summed E-state index contributed by atoms with van der Waals surface area (Å²) < 4.78 is 38.5. The van der Waals surface area contributed by atoms with Gasteiger partial charge in [-0.05, 0) is 6.42 Å². The van der Waals surface area contributed by atoms with Crippen molar-refractivity contribution in [2.24, 2.45) is 0 Å². The van der Waals surface area contributed by atoms with Gasteiger partial charge in [-0.3, -0.25) is 19.3 Å². The average Bonchev–Trinajstić information content (AvgIpc) is 3.46. The molecule has 4 rings (SSSR count). The Balaban J connectivity index is 1.90. The number of Topliss-reactive ketones (excluding diaryl/α,β-unsaturated/α-hetero) is 1. The van der Waals surface area contributed by atoms with Crippen molar-refractivity contribution in [3.63, 3.8) is 0 Å². The third-order valence-corrected chi connectivity index (χ3v) is 9.13. The number of carbonyl (C=O) groups excluding carboxylic acids is 3. The van der Waals surface area contributed by atoms with Gasteiger partial charge in [-0.1, -0.05) is 0 Å². The summed E-state index contributed by atoms with van der Waals surface area (Å²) in [5.74, 6) is 2.36. The molecule has 0 atom stereocenters. The number of imide groups is 1. The van der Waals surface area contributed by atoms with E-state index >= 15 is 0 Å². The molecule has 1 aliphatic heterocycles. The number of amides is 2. The lowest BCUT2D eigenvalue weighted by Gasteiger charge is -2.28. The first kappa shape index (κ1) is 39.3. The van der Waals surface area contributed by atoms with Crippen molar-refractivity contribution in [3.8, 4) is 23.0 Å². The fourth-order valence-corrected chi connectivity index (χ4v) is 6.24. The van der Waals surface area contributed by atoms with E-state index in [-0.39, 0.29) is 43.4 Å². The van der Waals surface area contributed by atoms with Crippen LogP contribution < -0.4 is 28.7 Å². The van der Waals surface area contributed by atoms with Crippen LogP contribution in [0.3, 0.4) is 0 Å². The Labute approximate surface area is 306 Å². The van der Waals surface area contributed by atoms with Gasteiger partial charge in [-0.25, -0.2) is 4.58 Å². The van der Waals surface area contributed by atoms with E-state index in [1.54, 1.807) is 42.7 Å². The zero-order chi connectivity index (χ0) is 38.3. The number of nitrogens with zero attached hydrogens (tertiary/aromatic N) is 4. The van der Waals surface area contributed by atoms with Crippen LogP contribution in [0.5, 0.6) is 23.0 Å². The Morgan fingerprint density at radius 1 is 0.712 bits per heavy atom. The summed E-state index contributed by atoms with van der Waals surface area (Å²) in [4.78, 5) is 41.6. The van der Waals surface area contributed by atoms with Crippen molar-refractivity contribution in [1.29, 1.82) is 0 Å². The standard InChI is InChI=1S/C39H51N4O9/c1-40(2)24-17-28(47-6)36(29(18-24)48-7)39(37-30(49-8)19-25(41(3)4)20-31(37)50-9)38-32(51-10)21-26(22-33(38)52-11)42(5)16-12-13-27(44)23-43-34(45)14-15-35(43)46/h17-22H,12-16,23H2,1-11H3/q+1. The molecule has 0 bridgehead atoms. The molecule has 52 heavy (non-hydrogen) atoms. The second-order valence-corrected chi connectivity index (χ2v) is 12.8. The summed E-state index contributed by atoms with van der Waals surface area (Å²) in [6.45, 7) is 0.332. The number of likely N-dealkylation sites (tertiary alicyclic amines) is 1. The van der Waals surface area contributed by atoms with Gasteiger partial charge in [0.1, 0.15) is 48.6 Å². The second-order valence-electron chi connectivity index (χ2n) is 12.8. The van der Waals surface area contributed by atoms with E-state index in [0.29, 0.717) is 69.8 Å². The van der Waals surface area contributed by atoms with Crippen LogP contribution >= 0.6 is 0 Å². The molecule has 13 nitrogen and oxygen atoms in total. The number of ether oxygens (including phenoxy) is 6. The van der Waals surface area contributed by atoms with Gasteiger partial charge in [0.05, 0.1) is 78.1 Å². The maximum atomic E-state index is 12.7. The molecule has 2 aromatic carbocycles. The third kappa shape index (κ3) is 8.19. The van der Waals surface area contributed by atoms with Crippen molar-refractivity contribution in [1.82, 2.24) is 4.90 Å². The molecule has 280 valence electrons. The van der Waals surface area contributed by atoms with E-state index in [2.05, 4.69) is 0 Å². The Hall–Kier alpha value is -5.46. The first-order chi connectivity index (χ1) is 24.8. The number of anilines is 2. The first-order valence-corrected chi connectivity index (χ1v) is 16.9. The minimum atomic E-state index is -0.293. The summed E-state index contributed by atoms with van der Waals surface area (Å²) in [6.07, 6.45) is 4.92. The Bertz CT molecular complexity index is 1740. The van der Waals surface area contributed by atoms with Gasteiger partial charge >= 0.3 is 0 Å². The molecular weight excluding hydrogens is 668 g/mol. The van der Waals surface area contributed by atoms with Gasteiger partial charge in [0.15, 0.2) is 5.78 Å². The number of methoxy groups -OCH3 is 6. The Kier molecular flexibility index (Phi) is 13.0. The SMILES string of the molecule is COC1=CC(=[N+](C)C)C=C(OC)C1=C(c1c(OC)cc(N(C)C)cc1OC)c1c(OC)cc(N(C)CCCC(=O)CN2C(=O)CCC2=O)cc1OC. The highest BCUT2D eigenvalue weighted by atomic mass is 16.5. The van der Waals surface area contributed by atoms with Crippen LogP contribution in [0.4, 0.5) is 11.4 Å². The first-order valence-electron chi connectivity index (χ1n) is 16.9. The molecule has 2 amide bonds. The molecule has 1 aliphatic carbocycles. The lowest BCUT2D eigenvalue weighted by atomic mass is 9.86. The van der Waals surface area contributed by atoms with E-state index in [9.17, 15) is 14.4 Å². The van der Waals surface area contributed by atoms with E-state index in [1.807, 2.05) is 86.0 Å². The highest BCUT2D eigenvalue weighted by molar-refractivity contribution is 6.07. The topological polar surface area (TPSA) is 119 Å². The second kappa shape index (κ2) is 17.2. The monoisotopic (exact) mass is 719 g/mol. The van der Waals surface area contributed by atoms with Crippen LogP contribution in [0, 0.1) is 0 Å². The van der Waals surface area contributed by atoms with Crippen LogP contribution in [0.25, 0.3) is 5.57 Å². The molecule has 1 heterocycles. The van der Waals surface area contributed by atoms with Gasteiger partial charge in [0.25, 0.3) is 0 Å². The molecule has 0 spiro atoms. The number of hydrogen-bond acceptors (Lipinski definition) is 11. The van der Waals surface area contributed by atoms with Gasteiger partial charge in [0, 0.05) is 88.2 Å². The van der Waals surface area contributed by atoms with Crippen LogP contribution in [0.15, 0.2) is 53.5 Å². The minimum Gasteiger partial charge on any atom is -0.496 e. The summed E-state index contributed by atoms with van der Waals surface area (Å²) in [5.41, 5.74) is 4.97. The van der Waals surface area contributed by atoms with Gasteiger partial charge < -0.3 is 38.2 Å². The predicted octanol–water partition coefficient (Wildman–Crippen LogP) is 4.31. The number of rotatable bonds is 16. The van der Waals surface area contributed by atoms with Crippen molar-refractivity contribution in [2.75, 3.05) is 101 Å². The fourth-order valence-electron chi connectivity index (χ4n) is 6.24. The number of ketones is 1. The van der Waals surface area contributed by atoms with E-state index in [1.165, 1.54) is 0 Å². The van der Waals surface area contributed by atoms with Crippen LogP contribution in [-0.2, 0) is 23.9 Å².